The van der Waals surface area contributed by atoms with Gasteiger partial charge in [0.15, 0.2) is 11.6 Å². The minimum Gasteiger partial charge on any atom is -0.452 e. The van der Waals surface area contributed by atoms with E-state index in [1.54, 1.807) is 30.5 Å². The van der Waals surface area contributed by atoms with Gasteiger partial charge in [0.1, 0.15) is 11.3 Å². The molecular weight excluding hydrogens is 370 g/mol. The number of nitrogens with two attached hydrogens (primary N) is 1. The molecule has 0 unspecified atom stereocenters. The lowest BCUT2D eigenvalue weighted by atomic mass is 10.1. The zero-order valence-corrected chi connectivity index (χ0v) is 12.5. The van der Waals surface area contributed by atoms with Crippen molar-refractivity contribution < 1.29 is 9.13 Å². The first-order chi connectivity index (χ1) is 9.65. The summed E-state index contributed by atoms with van der Waals surface area (Å²) in [5.74, 6) is 0.129. The van der Waals surface area contributed by atoms with Crippen LogP contribution >= 0.6 is 22.6 Å². The number of nitrogen functional groups attached to an aromatic ring is 1. The van der Waals surface area contributed by atoms with Crippen LogP contribution in [0.1, 0.15) is 0 Å². The Hall–Kier alpha value is -1.89. The first kappa shape index (κ1) is 13.1. The van der Waals surface area contributed by atoms with Crippen LogP contribution in [0, 0.1) is 9.39 Å². The minimum absolute atomic E-state index is 0.0935. The van der Waals surface area contributed by atoms with Gasteiger partial charge in [0, 0.05) is 26.9 Å². The van der Waals surface area contributed by atoms with Gasteiger partial charge >= 0.3 is 0 Å². The van der Waals surface area contributed by atoms with Gasteiger partial charge in [-0.25, -0.2) is 4.39 Å². The van der Waals surface area contributed by atoms with Crippen molar-refractivity contribution in [2.75, 3.05) is 5.73 Å². The van der Waals surface area contributed by atoms with Crippen molar-refractivity contribution in [2.24, 2.45) is 0 Å². The molecule has 0 radical (unpaired) electrons. The van der Waals surface area contributed by atoms with Gasteiger partial charge in [-0.15, -0.1) is 0 Å². The summed E-state index contributed by atoms with van der Waals surface area (Å²) in [5.41, 5.74) is 6.57. The van der Waals surface area contributed by atoms with E-state index in [1.165, 1.54) is 6.07 Å². The summed E-state index contributed by atoms with van der Waals surface area (Å²) in [6.07, 6.45) is 1.59. The molecule has 2 aromatic carbocycles. The molecule has 0 atom stereocenters. The van der Waals surface area contributed by atoms with Gasteiger partial charge in [0.2, 0.25) is 0 Å². The van der Waals surface area contributed by atoms with Crippen LogP contribution in [0.25, 0.3) is 10.9 Å². The quantitative estimate of drug-likeness (QED) is 0.531. The Labute approximate surface area is 128 Å². The Morgan fingerprint density at radius 3 is 2.65 bits per heavy atom. The molecule has 0 aliphatic heterocycles. The van der Waals surface area contributed by atoms with Gasteiger partial charge in [-0.05, 0) is 59.0 Å². The molecule has 0 fully saturated rings. The number of aromatic nitrogens is 1. The average Bonchev–Trinajstić information content (AvgIpc) is 2.45. The van der Waals surface area contributed by atoms with Crippen molar-refractivity contribution in [1.29, 1.82) is 0 Å². The Balaban J connectivity index is 2.13. The smallest absolute Gasteiger partial charge is 0.189 e. The van der Waals surface area contributed by atoms with Crippen LogP contribution < -0.4 is 10.5 Å². The molecule has 1 aromatic heterocycles. The number of ether oxygens (including phenoxy) is 1. The van der Waals surface area contributed by atoms with Crippen LogP contribution in [0.3, 0.4) is 0 Å². The Morgan fingerprint density at radius 2 is 1.90 bits per heavy atom. The molecule has 0 bridgehead atoms. The standard InChI is InChI=1S/C15H10FIN2O/c16-12-8-13(18)11-2-1-7-19-14(11)15(12)20-10-5-3-9(17)4-6-10/h1-8H,18H2. The normalized spacial score (nSPS) is 10.7. The lowest BCUT2D eigenvalue weighted by Gasteiger charge is -2.11. The fourth-order valence-electron chi connectivity index (χ4n) is 1.93. The molecule has 0 aliphatic rings. The van der Waals surface area contributed by atoms with Crippen LogP contribution in [0.5, 0.6) is 11.5 Å². The molecular formula is C15H10FIN2O. The maximum Gasteiger partial charge on any atom is 0.189 e. The molecule has 5 heteroatoms. The molecule has 0 saturated heterocycles. The number of rotatable bonds is 2. The topological polar surface area (TPSA) is 48.1 Å². The molecule has 3 nitrogen and oxygen atoms in total. The third-order valence-corrected chi connectivity index (χ3v) is 3.59. The number of fused-ring (bicyclic) bond motifs is 1. The van der Waals surface area contributed by atoms with Crippen LogP contribution in [0.2, 0.25) is 0 Å². The second kappa shape index (κ2) is 5.24. The van der Waals surface area contributed by atoms with Crippen molar-refractivity contribution in [1.82, 2.24) is 4.98 Å². The number of halogens is 2. The number of hydrogen-bond acceptors (Lipinski definition) is 3. The number of benzene rings is 2. The van der Waals surface area contributed by atoms with E-state index in [0.29, 0.717) is 22.3 Å². The van der Waals surface area contributed by atoms with E-state index in [2.05, 4.69) is 27.6 Å². The van der Waals surface area contributed by atoms with Gasteiger partial charge in [0.05, 0.1) is 0 Å². The summed E-state index contributed by atoms with van der Waals surface area (Å²) in [7, 11) is 0. The molecule has 0 aliphatic carbocycles. The first-order valence-corrected chi connectivity index (χ1v) is 6.99. The number of anilines is 1. The third-order valence-electron chi connectivity index (χ3n) is 2.87. The maximum atomic E-state index is 14.1. The van der Waals surface area contributed by atoms with Gasteiger partial charge in [-0.3, -0.25) is 4.98 Å². The summed E-state index contributed by atoms with van der Waals surface area (Å²) < 4.78 is 20.8. The van der Waals surface area contributed by atoms with Gasteiger partial charge < -0.3 is 10.5 Å². The number of nitrogens with zero attached hydrogens (tertiary/aromatic N) is 1. The minimum atomic E-state index is -0.521. The fraction of sp³-hybridized carbons (Fsp3) is 0. The van der Waals surface area contributed by atoms with Crippen LogP contribution in [-0.2, 0) is 0 Å². The lowest BCUT2D eigenvalue weighted by molar-refractivity contribution is 0.447. The zero-order chi connectivity index (χ0) is 14.1. The molecule has 0 saturated carbocycles. The molecule has 100 valence electrons. The molecule has 2 N–H and O–H groups in total. The first-order valence-electron chi connectivity index (χ1n) is 5.91. The summed E-state index contributed by atoms with van der Waals surface area (Å²) in [4.78, 5) is 4.17. The van der Waals surface area contributed by atoms with E-state index in [1.807, 2.05) is 12.1 Å². The molecule has 20 heavy (non-hydrogen) atoms. The molecule has 1 heterocycles. The van der Waals surface area contributed by atoms with E-state index < -0.39 is 5.82 Å². The predicted octanol–water partition coefficient (Wildman–Crippen LogP) is 4.35. The van der Waals surface area contributed by atoms with Crippen molar-refractivity contribution in [3.05, 3.63) is 58.0 Å². The number of hydrogen-bond donors (Lipinski definition) is 1. The highest BCUT2D eigenvalue weighted by Gasteiger charge is 2.14. The Bertz CT molecular complexity index is 775. The van der Waals surface area contributed by atoms with E-state index in [4.69, 9.17) is 10.5 Å². The largest absolute Gasteiger partial charge is 0.452 e. The molecule has 0 spiro atoms. The van der Waals surface area contributed by atoms with E-state index in [9.17, 15) is 4.39 Å². The second-order valence-corrected chi connectivity index (χ2v) is 5.48. The summed E-state index contributed by atoms with van der Waals surface area (Å²) >= 11 is 2.19. The maximum absolute atomic E-state index is 14.1. The summed E-state index contributed by atoms with van der Waals surface area (Å²) in [6.45, 7) is 0. The van der Waals surface area contributed by atoms with Crippen LogP contribution in [0.4, 0.5) is 10.1 Å². The SMILES string of the molecule is Nc1cc(F)c(Oc2ccc(I)cc2)c2ncccc12. The predicted molar refractivity (Wildman–Crippen MR) is 85.3 cm³/mol. The van der Waals surface area contributed by atoms with E-state index in [0.717, 1.165) is 3.57 Å². The number of pyridine rings is 1. The monoisotopic (exact) mass is 380 g/mol. The van der Waals surface area contributed by atoms with Crippen molar-refractivity contribution in [3.8, 4) is 11.5 Å². The van der Waals surface area contributed by atoms with Crippen LogP contribution in [-0.4, -0.2) is 4.98 Å². The second-order valence-electron chi connectivity index (χ2n) is 4.23. The fourth-order valence-corrected chi connectivity index (χ4v) is 2.29. The third kappa shape index (κ3) is 2.40. The molecule has 3 aromatic rings. The van der Waals surface area contributed by atoms with E-state index >= 15 is 0 Å². The average molecular weight is 380 g/mol. The highest BCUT2D eigenvalue weighted by molar-refractivity contribution is 14.1. The van der Waals surface area contributed by atoms with Gasteiger partial charge in [0.25, 0.3) is 0 Å². The summed E-state index contributed by atoms with van der Waals surface area (Å²) in [6, 6.07) is 12.1. The Kier molecular flexibility index (Phi) is 3.43. The van der Waals surface area contributed by atoms with Crippen molar-refractivity contribution in [3.63, 3.8) is 0 Å². The highest BCUT2D eigenvalue weighted by atomic mass is 127. The van der Waals surface area contributed by atoms with Crippen LogP contribution in [0.15, 0.2) is 48.7 Å². The molecule has 0 amide bonds. The van der Waals surface area contributed by atoms with Crippen molar-refractivity contribution in [2.45, 2.75) is 0 Å². The van der Waals surface area contributed by atoms with Gasteiger partial charge in [-0.1, -0.05) is 0 Å². The zero-order valence-electron chi connectivity index (χ0n) is 10.3. The Morgan fingerprint density at radius 1 is 1.15 bits per heavy atom. The summed E-state index contributed by atoms with van der Waals surface area (Å²) in [5, 5.41) is 0.675. The van der Waals surface area contributed by atoms with Gasteiger partial charge in [-0.2, -0.15) is 0 Å². The lowest BCUT2D eigenvalue weighted by Crippen LogP contribution is -1.96. The van der Waals surface area contributed by atoms with E-state index in [-0.39, 0.29) is 5.75 Å². The van der Waals surface area contributed by atoms with Crippen molar-refractivity contribution >= 4 is 39.2 Å². The molecule has 3 rings (SSSR count). The highest BCUT2D eigenvalue weighted by Crippen LogP contribution is 2.34.